The Kier molecular flexibility index (Phi) is 6.28. The van der Waals surface area contributed by atoms with Gasteiger partial charge in [0.25, 0.3) is 0 Å². The first-order chi connectivity index (χ1) is 12.3. The molecule has 1 unspecified atom stereocenters. The van der Waals surface area contributed by atoms with Gasteiger partial charge in [0, 0.05) is 12.6 Å². The summed E-state index contributed by atoms with van der Waals surface area (Å²) in [5.41, 5.74) is 1.56. The van der Waals surface area contributed by atoms with Crippen molar-refractivity contribution < 1.29 is 20.1 Å². The lowest BCUT2D eigenvalue weighted by molar-refractivity contribution is -0.128. The van der Waals surface area contributed by atoms with Crippen molar-refractivity contribution in [1.82, 2.24) is 4.90 Å². The number of hydrogen-bond acceptors (Lipinski definition) is 4. The number of aromatic hydroxyl groups is 3. The largest absolute Gasteiger partial charge is 0.508 e. The third-order valence-corrected chi connectivity index (χ3v) is 4.11. The fraction of sp³-hybridized carbons (Fsp3) is 0.286. The molecule has 5 heteroatoms. The quantitative estimate of drug-likeness (QED) is 0.539. The Labute approximate surface area is 153 Å². The van der Waals surface area contributed by atoms with E-state index < -0.39 is 0 Å². The van der Waals surface area contributed by atoms with Gasteiger partial charge in [-0.1, -0.05) is 32.0 Å². The van der Waals surface area contributed by atoms with Crippen molar-refractivity contribution in [2.75, 3.05) is 6.54 Å². The Morgan fingerprint density at radius 3 is 2.23 bits per heavy atom. The van der Waals surface area contributed by atoms with E-state index in [2.05, 4.69) is 0 Å². The summed E-state index contributed by atoms with van der Waals surface area (Å²) in [6.45, 7) is 6.63. The molecule has 0 fully saturated rings. The molecular formula is C21H25NO4. The maximum Gasteiger partial charge on any atom is 0.247 e. The highest BCUT2D eigenvalue weighted by Gasteiger charge is 2.20. The van der Waals surface area contributed by atoms with Crippen molar-refractivity contribution in [3.05, 3.63) is 59.7 Å². The summed E-state index contributed by atoms with van der Waals surface area (Å²) in [6.07, 6.45) is 3.07. The van der Waals surface area contributed by atoms with E-state index in [1.54, 1.807) is 29.2 Å². The number of hydrogen-bond donors (Lipinski definition) is 3. The van der Waals surface area contributed by atoms with Crippen molar-refractivity contribution in [2.24, 2.45) is 5.92 Å². The molecule has 2 aromatic carbocycles. The minimum absolute atomic E-state index is 0.146. The lowest BCUT2D eigenvalue weighted by Gasteiger charge is -2.30. The molecule has 0 radical (unpaired) electrons. The molecule has 1 atom stereocenters. The van der Waals surface area contributed by atoms with Gasteiger partial charge in [0.15, 0.2) is 11.5 Å². The molecule has 3 N–H and O–H groups in total. The Balaban J connectivity index is 2.21. The second kappa shape index (κ2) is 8.43. The SMILES string of the molecule is CC(C)CN(C(=O)/C=C/c1ccc(O)c(O)c1)C(C)c1ccc(O)cc1. The summed E-state index contributed by atoms with van der Waals surface area (Å²) < 4.78 is 0. The number of rotatable bonds is 6. The van der Waals surface area contributed by atoms with E-state index in [9.17, 15) is 20.1 Å². The molecule has 2 rings (SSSR count). The fourth-order valence-corrected chi connectivity index (χ4v) is 2.67. The molecule has 26 heavy (non-hydrogen) atoms. The number of benzene rings is 2. The Bertz CT molecular complexity index is 781. The van der Waals surface area contributed by atoms with Crippen LogP contribution in [0.5, 0.6) is 17.2 Å². The van der Waals surface area contributed by atoms with Crippen LogP contribution >= 0.6 is 0 Å². The van der Waals surface area contributed by atoms with Gasteiger partial charge in [0.05, 0.1) is 6.04 Å². The molecule has 1 amide bonds. The summed E-state index contributed by atoms with van der Waals surface area (Å²) in [4.78, 5) is 14.5. The molecule has 0 aliphatic heterocycles. The van der Waals surface area contributed by atoms with Gasteiger partial charge < -0.3 is 20.2 Å². The van der Waals surface area contributed by atoms with Gasteiger partial charge in [0.1, 0.15) is 5.75 Å². The molecule has 2 aromatic rings. The number of carbonyl (C=O) groups excluding carboxylic acids is 1. The van der Waals surface area contributed by atoms with Crippen LogP contribution in [-0.4, -0.2) is 32.7 Å². The van der Waals surface area contributed by atoms with Crippen LogP contribution in [0.25, 0.3) is 6.08 Å². The van der Waals surface area contributed by atoms with E-state index in [4.69, 9.17) is 0 Å². The van der Waals surface area contributed by atoms with Gasteiger partial charge in [-0.05, 0) is 54.3 Å². The third kappa shape index (κ3) is 5.02. The molecule has 0 saturated heterocycles. The van der Waals surface area contributed by atoms with E-state index in [1.807, 2.05) is 32.9 Å². The average molecular weight is 355 g/mol. The molecule has 5 nitrogen and oxygen atoms in total. The minimum atomic E-state index is -0.226. The molecule has 138 valence electrons. The van der Waals surface area contributed by atoms with E-state index in [0.29, 0.717) is 18.0 Å². The fourth-order valence-electron chi connectivity index (χ4n) is 2.67. The standard InChI is InChI=1S/C21H25NO4/c1-14(2)13-22(15(3)17-6-8-18(23)9-7-17)21(26)11-5-16-4-10-19(24)20(25)12-16/h4-12,14-15,23-25H,13H2,1-3H3/b11-5+. The average Bonchev–Trinajstić information content (AvgIpc) is 2.60. The van der Waals surface area contributed by atoms with Crippen LogP contribution in [0.3, 0.4) is 0 Å². The second-order valence-electron chi connectivity index (χ2n) is 6.73. The van der Waals surface area contributed by atoms with Crippen molar-refractivity contribution in [3.63, 3.8) is 0 Å². The van der Waals surface area contributed by atoms with Gasteiger partial charge in [-0.15, -0.1) is 0 Å². The maximum atomic E-state index is 12.8. The van der Waals surface area contributed by atoms with E-state index in [-0.39, 0.29) is 29.2 Å². The number of phenols is 3. The van der Waals surface area contributed by atoms with Gasteiger partial charge in [0.2, 0.25) is 5.91 Å². The zero-order chi connectivity index (χ0) is 19.3. The van der Waals surface area contributed by atoms with Gasteiger partial charge in [-0.2, -0.15) is 0 Å². The van der Waals surface area contributed by atoms with Crippen LogP contribution in [0.15, 0.2) is 48.5 Å². The first-order valence-corrected chi connectivity index (χ1v) is 8.57. The van der Waals surface area contributed by atoms with E-state index in [1.165, 1.54) is 18.2 Å². The zero-order valence-corrected chi connectivity index (χ0v) is 15.3. The topological polar surface area (TPSA) is 81.0 Å². The highest BCUT2D eigenvalue weighted by Crippen LogP contribution is 2.26. The summed E-state index contributed by atoms with van der Waals surface area (Å²) in [5, 5.41) is 28.4. The van der Waals surface area contributed by atoms with Crippen molar-refractivity contribution >= 4 is 12.0 Å². The first-order valence-electron chi connectivity index (χ1n) is 8.57. The van der Waals surface area contributed by atoms with Crippen molar-refractivity contribution in [2.45, 2.75) is 26.8 Å². The number of nitrogens with zero attached hydrogens (tertiary/aromatic N) is 1. The van der Waals surface area contributed by atoms with Crippen LogP contribution in [0, 0.1) is 5.92 Å². The minimum Gasteiger partial charge on any atom is -0.508 e. The monoisotopic (exact) mass is 355 g/mol. The van der Waals surface area contributed by atoms with E-state index >= 15 is 0 Å². The molecule has 0 aromatic heterocycles. The molecule has 0 spiro atoms. The van der Waals surface area contributed by atoms with Crippen molar-refractivity contribution in [3.8, 4) is 17.2 Å². The molecule has 0 aliphatic carbocycles. The number of carbonyl (C=O) groups is 1. The molecule has 0 heterocycles. The maximum absolute atomic E-state index is 12.8. The zero-order valence-electron chi connectivity index (χ0n) is 15.3. The van der Waals surface area contributed by atoms with Crippen molar-refractivity contribution in [1.29, 1.82) is 0 Å². The third-order valence-electron chi connectivity index (χ3n) is 4.11. The first kappa shape index (κ1) is 19.4. The molecular weight excluding hydrogens is 330 g/mol. The Hall–Kier alpha value is -2.95. The highest BCUT2D eigenvalue weighted by molar-refractivity contribution is 5.92. The van der Waals surface area contributed by atoms with Gasteiger partial charge in [-0.3, -0.25) is 4.79 Å². The number of phenolic OH excluding ortho intramolecular Hbond substituents is 3. The Morgan fingerprint density at radius 1 is 1.00 bits per heavy atom. The molecule has 0 saturated carbocycles. The molecule has 0 aliphatic rings. The van der Waals surface area contributed by atoms with Crippen LogP contribution in [-0.2, 0) is 4.79 Å². The van der Waals surface area contributed by atoms with Crippen LogP contribution in [0.4, 0.5) is 0 Å². The predicted molar refractivity (Wildman–Crippen MR) is 102 cm³/mol. The van der Waals surface area contributed by atoms with E-state index in [0.717, 1.165) is 5.56 Å². The normalized spacial score (nSPS) is 12.5. The summed E-state index contributed by atoms with van der Waals surface area (Å²) in [7, 11) is 0. The summed E-state index contributed by atoms with van der Waals surface area (Å²) in [6, 6.07) is 11.1. The van der Waals surface area contributed by atoms with Crippen LogP contribution in [0.2, 0.25) is 0 Å². The Morgan fingerprint density at radius 2 is 1.65 bits per heavy atom. The predicted octanol–water partition coefficient (Wildman–Crippen LogP) is 4.06. The van der Waals surface area contributed by atoms with Gasteiger partial charge >= 0.3 is 0 Å². The summed E-state index contributed by atoms with van der Waals surface area (Å²) >= 11 is 0. The lowest BCUT2D eigenvalue weighted by Crippen LogP contribution is -2.35. The van der Waals surface area contributed by atoms with Crippen LogP contribution < -0.4 is 0 Å². The number of amides is 1. The lowest BCUT2D eigenvalue weighted by atomic mass is 10.0. The summed E-state index contributed by atoms with van der Waals surface area (Å²) in [5.74, 6) is -0.0850. The smallest absolute Gasteiger partial charge is 0.247 e. The second-order valence-corrected chi connectivity index (χ2v) is 6.73. The van der Waals surface area contributed by atoms with Crippen LogP contribution in [0.1, 0.15) is 37.9 Å². The highest BCUT2D eigenvalue weighted by atomic mass is 16.3. The molecule has 0 bridgehead atoms. The van der Waals surface area contributed by atoms with Gasteiger partial charge in [-0.25, -0.2) is 0 Å².